The maximum Gasteiger partial charge on any atom is 0.211 e. The van der Waals surface area contributed by atoms with Crippen LogP contribution in [0.4, 0.5) is 5.69 Å². The first-order chi connectivity index (χ1) is 13.3. The molecular weight excluding hydrogens is 356 g/mol. The van der Waals surface area contributed by atoms with Gasteiger partial charge in [-0.1, -0.05) is 24.8 Å². The van der Waals surface area contributed by atoms with E-state index in [9.17, 15) is 4.79 Å². The molecule has 2 aromatic heterocycles. The predicted molar refractivity (Wildman–Crippen MR) is 109 cm³/mol. The molecule has 5 nitrogen and oxygen atoms in total. The smallest absolute Gasteiger partial charge is 0.211 e. The molecule has 140 valence electrons. The van der Waals surface area contributed by atoms with Crippen LogP contribution in [0.1, 0.15) is 37.7 Å². The van der Waals surface area contributed by atoms with E-state index in [1.807, 2.05) is 59.8 Å². The highest BCUT2D eigenvalue weighted by Crippen LogP contribution is 2.39. The van der Waals surface area contributed by atoms with Crippen molar-refractivity contribution >= 4 is 23.9 Å². The Labute approximate surface area is 164 Å². The summed E-state index contributed by atoms with van der Waals surface area (Å²) in [6.07, 6.45) is 12.2. The van der Waals surface area contributed by atoms with Crippen molar-refractivity contribution < 1.29 is 4.79 Å². The lowest BCUT2D eigenvalue weighted by atomic mass is 10.2. The summed E-state index contributed by atoms with van der Waals surface area (Å²) in [5, 5.41) is 6.90. The molecule has 1 amide bonds. The highest BCUT2D eigenvalue weighted by molar-refractivity contribution is 7.99. The van der Waals surface area contributed by atoms with Crippen molar-refractivity contribution in [2.75, 3.05) is 5.32 Å². The molecule has 0 saturated heterocycles. The summed E-state index contributed by atoms with van der Waals surface area (Å²) < 4.78 is 1.95. The SMILES string of the molecule is CCCn1cc(Sc2ccc(NC=O)cc2)cn1.c1cncc(C2CC2)c1. The van der Waals surface area contributed by atoms with Crippen molar-refractivity contribution in [2.45, 2.75) is 48.4 Å². The number of pyridine rings is 1. The first kappa shape index (κ1) is 19.2. The van der Waals surface area contributed by atoms with Gasteiger partial charge in [0.25, 0.3) is 0 Å². The zero-order valence-corrected chi connectivity index (χ0v) is 16.2. The molecule has 3 aromatic rings. The van der Waals surface area contributed by atoms with Crippen molar-refractivity contribution in [3.63, 3.8) is 0 Å². The Balaban J connectivity index is 0.000000193. The number of rotatable bonds is 7. The second kappa shape index (κ2) is 9.92. The molecule has 2 heterocycles. The van der Waals surface area contributed by atoms with Gasteiger partial charge in [0.2, 0.25) is 6.41 Å². The lowest BCUT2D eigenvalue weighted by Crippen LogP contribution is -1.95. The molecular formula is C21H24N4OS. The summed E-state index contributed by atoms with van der Waals surface area (Å²) in [6, 6.07) is 11.9. The summed E-state index contributed by atoms with van der Waals surface area (Å²) in [5.74, 6) is 0.846. The Morgan fingerprint density at radius 3 is 2.63 bits per heavy atom. The molecule has 0 atom stereocenters. The van der Waals surface area contributed by atoms with E-state index in [2.05, 4.69) is 28.4 Å². The molecule has 1 saturated carbocycles. The average Bonchev–Trinajstić information content (AvgIpc) is 3.47. The van der Waals surface area contributed by atoms with Crippen LogP contribution < -0.4 is 5.32 Å². The number of hydrogen-bond acceptors (Lipinski definition) is 4. The van der Waals surface area contributed by atoms with Gasteiger partial charge in [0, 0.05) is 35.7 Å². The molecule has 1 aromatic carbocycles. The Kier molecular flexibility index (Phi) is 7.04. The van der Waals surface area contributed by atoms with E-state index in [1.54, 1.807) is 11.8 Å². The molecule has 1 fully saturated rings. The maximum absolute atomic E-state index is 10.3. The van der Waals surface area contributed by atoms with Gasteiger partial charge in [0.05, 0.1) is 11.1 Å². The van der Waals surface area contributed by atoms with E-state index in [1.165, 1.54) is 18.4 Å². The van der Waals surface area contributed by atoms with Crippen LogP contribution in [0.2, 0.25) is 0 Å². The zero-order chi connectivity index (χ0) is 18.9. The molecule has 27 heavy (non-hydrogen) atoms. The minimum Gasteiger partial charge on any atom is -0.329 e. The number of aryl methyl sites for hydroxylation is 1. The summed E-state index contributed by atoms with van der Waals surface area (Å²) in [4.78, 5) is 16.6. The van der Waals surface area contributed by atoms with Crippen LogP contribution in [0.3, 0.4) is 0 Å². The predicted octanol–water partition coefficient (Wildman–Crippen LogP) is 4.97. The summed E-state index contributed by atoms with van der Waals surface area (Å²) in [5.41, 5.74) is 2.22. The summed E-state index contributed by atoms with van der Waals surface area (Å²) >= 11 is 1.66. The van der Waals surface area contributed by atoms with Gasteiger partial charge in [-0.2, -0.15) is 5.10 Å². The van der Waals surface area contributed by atoms with Gasteiger partial charge < -0.3 is 5.32 Å². The van der Waals surface area contributed by atoms with Crippen LogP contribution in [-0.2, 0) is 11.3 Å². The van der Waals surface area contributed by atoms with Crippen LogP contribution >= 0.6 is 11.8 Å². The molecule has 0 unspecified atom stereocenters. The van der Waals surface area contributed by atoms with E-state index in [0.29, 0.717) is 6.41 Å². The second-order valence-electron chi connectivity index (χ2n) is 6.39. The van der Waals surface area contributed by atoms with Crippen LogP contribution in [0.15, 0.2) is 71.0 Å². The molecule has 1 aliphatic carbocycles. The molecule has 0 aliphatic heterocycles. The van der Waals surface area contributed by atoms with Gasteiger partial charge in [-0.3, -0.25) is 14.5 Å². The third kappa shape index (κ3) is 6.25. The van der Waals surface area contributed by atoms with E-state index < -0.39 is 0 Å². The number of nitrogens with zero attached hydrogens (tertiary/aromatic N) is 3. The van der Waals surface area contributed by atoms with Gasteiger partial charge in [-0.15, -0.1) is 0 Å². The minimum absolute atomic E-state index is 0.678. The van der Waals surface area contributed by atoms with E-state index in [0.717, 1.165) is 34.4 Å². The van der Waals surface area contributed by atoms with Gasteiger partial charge >= 0.3 is 0 Å². The molecule has 0 spiro atoms. The Bertz CT molecular complexity index is 829. The fourth-order valence-corrected chi connectivity index (χ4v) is 3.42. The number of hydrogen-bond donors (Lipinski definition) is 1. The normalized spacial score (nSPS) is 12.8. The molecule has 0 bridgehead atoms. The topological polar surface area (TPSA) is 59.8 Å². The van der Waals surface area contributed by atoms with Crippen molar-refractivity contribution in [3.05, 3.63) is 66.7 Å². The van der Waals surface area contributed by atoms with Crippen molar-refractivity contribution in [2.24, 2.45) is 0 Å². The Morgan fingerprint density at radius 1 is 1.19 bits per heavy atom. The number of anilines is 1. The van der Waals surface area contributed by atoms with Crippen LogP contribution in [0, 0.1) is 0 Å². The van der Waals surface area contributed by atoms with Gasteiger partial charge in [-0.25, -0.2) is 0 Å². The van der Waals surface area contributed by atoms with Gasteiger partial charge in [-0.05, 0) is 61.1 Å². The molecule has 6 heteroatoms. The number of aromatic nitrogens is 3. The minimum atomic E-state index is 0.678. The van der Waals surface area contributed by atoms with Gasteiger partial charge in [0.15, 0.2) is 0 Å². The Hall–Kier alpha value is -2.60. The first-order valence-corrected chi connectivity index (χ1v) is 10.0. The van der Waals surface area contributed by atoms with Crippen LogP contribution in [0.5, 0.6) is 0 Å². The number of carbonyl (C=O) groups excluding carboxylic acids is 1. The second-order valence-corrected chi connectivity index (χ2v) is 7.54. The van der Waals surface area contributed by atoms with E-state index in [4.69, 9.17) is 0 Å². The highest BCUT2D eigenvalue weighted by atomic mass is 32.2. The highest BCUT2D eigenvalue weighted by Gasteiger charge is 2.22. The number of benzene rings is 1. The number of carbonyl (C=O) groups is 1. The molecule has 4 rings (SSSR count). The molecule has 0 radical (unpaired) electrons. The van der Waals surface area contributed by atoms with E-state index >= 15 is 0 Å². The van der Waals surface area contributed by atoms with Crippen molar-refractivity contribution in [1.82, 2.24) is 14.8 Å². The van der Waals surface area contributed by atoms with Crippen LogP contribution in [0.25, 0.3) is 0 Å². The lowest BCUT2D eigenvalue weighted by Gasteiger charge is -2.01. The third-order valence-electron chi connectivity index (χ3n) is 4.11. The number of nitrogens with one attached hydrogen (secondary N) is 1. The zero-order valence-electron chi connectivity index (χ0n) is 15.4. The average molecular weight is 381 g/mol. The maximum atomic E-state index is 10.3. The monoisotopic (exact) mass is 380 g/mol. The fourth-order valence-electron chi connectivity index (χ4n) is 2.61. The largest absolute Gasteiger partial charge is 0.329 e. The molecule has 1 N–H and O–H groups in total. The van der Waals surface area contributed by atoms with E-state index in [-0.39, 0.29) is 0 Å². The lowest BCUT2D eigenvalue weighted by molar-refractivity contribution is -0.105. The standard InChI is InChI=1S/C13H15N3OS.C8H9N/c1-2-7-16-9-13(8-15-16)18-12-5-3-11(4-6-12)14-10-17;1-2-8(6-9-5-1)7-3-4-7/h3-6,8-10H,2,7H2,1H3,(H,14,17);1-2,5-7H,3-4H2. The quantitative estimate of drug-likeness (QED) is 0.588. The van der Waals surface area contributed by atoms with Crippen molar-refractivity contribution in [3.8, 4) is 0 Å². The third-order valence-corrected chi connectivity index (χ3v) is 5.07. The molecule has 1 aliphatic rings. The van der Waals surface area contributed by atoms with Crippen molar-refractivity contribution in [1.29, 1.82) is 0 Å². The number of amides is 1. The first-order valence-electron chi connectivity index (χ1n) is 9.19. The van der Waals surface area contributed by atoms with Crippen LogP contribution in [-0.4, -0.2) is 21.2 Å². The van der Waals surface area contributed by atoms with Gasteiger partial charge in [0.1, 0.15) is 0 Å². The Morgan fingerprint density at radius 2 is 2.00 bits per heavy atom. The summed E-state index contributed by atoms with van der Waals surface area (Å²) in [6.45, 7) is 3.08. The fraction of sp³-hybridized carbons (Fsp3) is 0.286. The summed E-state index contributed by atoms with van der Waals surface area (Å²) in [7, 11) is 0.